The summed E-state index contributed by atoms with van der Waals surface area (Å²) < 4.78 is 34.1. The lowest BCUT2D eigenvalue weighted by Gasteiger charge is -2.22. The molecule has 0 saturated heterocycles. The van der Waals surface area contributed by atoms with Gasteiger partial charge in [0.05, 0.1) is 13.1 Å². The number of phenols is 2. The lowest BCUT2D eigenvalue weighted by molar-refractivity contribution is 0.0521. The van der Waals surface area contributed by atoms with Crippen LogP contribution < -0.4 is 30.7 Å². The number of nitrogens with one attached hydrogen (secondary N) is 4. The molecule has 0 radical (unpaired) electrons. The molecule has 6 N–H and O–H groups in total. The van der Waals surface area contributed by atoms with Crippen LogP contribution in [0.15, 0.2) is 88.8 Å². The molecular formula is C55H74N6O12. The van der Waals surface area contributed by atoms with Crippen molar-refractivity contribution >= 4 is 36.3 Å². The molecule has 0 unspecified atom stereocenters. The first kappa shape index (κ1) is 58.1. The summed E-state index contributed by atoms with van der Waals surface area (Å²) >= 11 is 0. The average molecular weight is 1010 g/mol. The first-order chi connectivity index (χ1) is 34.1. The van der Waals surface area contributed by atoms with E-state index in [-0.39, 0.29) is 56.1 Å². The van der Waals surface area contributed by atoms with Crippen molar-refractivity contribution in [3.05, 3.63) is 118 Å². The van der Waals surface area contributed by atoms with Gasteiger partial charge >= 0.3 is 24.4 Å². The standard InChI is InChI=1S/C55H74N6O12/c1-14-35-21-17-22-38(43(35)62)33-40-25-19-26-41(45(40)69-31-29-57-47(60-50(66)72-54(8,9)10)61-51(67)73-55(11,12)13)34-39-24-18-23-37(44(39)63)32-36-20-15-16-27-42(36)68-30-28-56-46(58-48(64)70-52(2,3)4)59-49(65)71-53(5,6)7/h15-27,62-63H,14,28-34H2,1-13H3,(H2,56,58,59,64,65)(H2,57,60,61,66,67). The molecule has 4 aromatic carbocycles. The number of amides is 4. The Balaban J connectivity index is 1.59. The quantitative estimate of drug-likeness (QED) is 0.0282. The van der Waals surface area contributed by atoms with E-state index in [9.17, 15) is 29.4 Å². The van der Waals surface area contributed by atoms with Gasteiger partial charge in [-0.2, -0.15) is 0 Å². The van der Waals surface area contributed by atoms with E-state index in [0.717, 1.165) is 22.3 Å². The fourth-order valence-corrected chi connectivity index (χ4v) is 6.95. The zero-order chi connectivity index (χ0) is 54.1. The fourth-order valence-electron chi connectivity index (χ4n) is 6.95. The summed E-state index contributed by atoms with van der Waals surface area (Å²) in [4.78, 5) is 59.4. The maximum absolute atomic E-state index is 12.7. The molecule has 4 amide bonds. The molecule has 73 heavy (non-hydrogen) atoms. The second-order valence-corrected chi connectivity index (χ2v) is 20.9. The minimum Gasteiger partial charge on any atom is -0.507 e. The number of aromatic hydroxyl groups is 2. The first-order valence-corrected chi connectivity index (χ1v) is 24.2. The van der Waals surface area contributed by atoms with Gasteiger partial charge in [-0.25, -0.2) is 29.2 Å². The van der Waals surface area contributed by atoms with E-state index in [4.69, 9.17) is 28.4 Å². The van der Waals surface area contributed by atoms with Crippen molar-refractivity contribution in [3.63, 3.8) is 0 Å². The summed E-state index contributed by atoms with van der Waals surface area (Å²) in [5.41, 5.74) is 1.83. The van der Waals surface area contributed by atoms with Crippen LogP contribution in [0.5, 0.6) is 23.0 Å². The third kappa shape index (κ3) is 21.0. The molecule has 0 bridgehead atoms. The van der Waals surface area contributed by atoms with E-state index in [1.807, 2.05) is 79.7 Å². The number of guanidine groups is 2. The van der Waals surface area contributed by atoms with Gasteiger partial charge in [-0.3, -0.25) is 21.3 Å². The molecule has 4 rings (SSSR count). The van der Waals surface area contributed by atoms with Crippen molar-refractivity contribution in [2.75, 3.05) is 26.3 Å². The number of nitrogens with zero attached hydrogens (tertiary/aromatic N) is 2. The number of para-hydroxylation sites is 4. The predicted molar refractivity (Wildman–Crippen MR) is 280 cm³/mol. The van der Waals surface area contributed by atoms with Crippen LogP contribution in [0.25, 0.3) is 0 Å². The minimum atomic E-state index is -0.830. The van der Waals surface area contributed by atoms with E-state index in [0.29, 0.717) is 47.5 Å². The van der Waals surface area contributed by atoms with Crippen LogP contribution in [0.4, 0.5) is 19.2 Å². The number of phenolic OH excluding ortho intramolecular Hbond substituents is 2. The van der Waals surface area contributed by atoms with Crippen molar-refractivity contribution in [2.45, 2.75) is 138 Å². The number of hydrogen-bond donors (Lipinski definition) is 6. The molecule has 0 aliphatic heterocycles. The smallest absolute Gasteiger partial charge is 0.414 e. The molecule has 18 nitrogen and oxygen atoms in total. The minimum absolute atomic E-state index is 0.00354. The maximum atomic E-state index is 12.7. The highest BCUT2D eigenvalue weighted by atomic mass is 16.6. The van der Waals surface area contributed by atoms with Crippen LogP contribution >= 0.6 is 0 Å². The normalized spacial score (nSPS) is 11.6. The van der Waals surface area contributed by atoms with Gasteiger partial charge in [0.1, 0.15) is 58.6 Å². The first-order valence-electron chi connectivity index (χ1n) is 24.2. The largest absolute Gasteiger partial charge is 0.507 e. The van der Waals surface area contributed by atoms with Crippen LogP contribution in [-0.2, 0) is 44.6 Å². The van der Waals surface area contributed by atoms with Gasteiger partial charge in [0.2, 0.25) is 11.9 Å². The highest BCUT2D eigenvalue weighted by Gasteiger charge is 2.24. The van der Waals surface area contributed by atoms with Crippen LogP contribution in [0.1, 0.15) is 129 Å². The second-order valence-electron chi connectivity index (χ2n) is 20.9. The highest BCUT2D eigenvalue weighted by Crippen LogP contribution is 2.35. The summed E-state index contributed by atoms with van der Waals surface area (Å²) in [5.74, 6) is 0.961. The Morgan fingerprint density at radius 3 is 1.14 bits per heavy atom. The zero-order valence-corrected chi connectivity index (χ0v) is 44.5. The van der Waals surface area contributed by atoms with Crippen molar-refractivity contribution in [3.8, 4) is 23.0 Å². The molecule has 0 saturated carbocycles. The number of carbonyl (C=O) groups excluding carboxylic acids is 4. The lowest BCUT2D eigenvalue weighted by Crippen LogP contribution is -2.47. The molecule has 18 heteroatoms. The van der Waals surface area contributed by atoms with E-state index in [2.05, 4.69) is 31.3 Å². The van der Waals surface area contributed by atoms with Crippen molar-refractivity contribution in [1.29, 1.82) is 0 Å². The number of carbonyl (C=O) groups is 4. The third-order valence-electron chi connectivity index (χ3n) is 9.78. The Kier molecular flexibility index (Phi) is 20.5. The Morgan fingerprint density at radius 2 is 0.753 bits per heavy atom. The molecule has 396 valence electrons. The van der Waals surface area contributed by atoms with Gasteiger partial charge in [0.25, 0.3) is 0 Å². The van der Waals surface area contributed by atoms with Gasteiger partial charge in [0, 0.05) is 19.3 Å². The van der Waals surface area contributed by atoms with Crippen molar-refractivity contribution in [2.24, 2.45) is 9.98 Å². The predicted octanol–water partition coefficient (Wildman–Crippen LogP) is 10.0. The molecule has 0 heterocycles. The van der Waals surface area contributed by atoms with Crippen LogP contribution in [-0.4, -0.2) is 95.2 Å². The van der Waals surface area contributed by atoms with Crippen molar-refractivity contribution in [1.82, 2.24) is 21.3 Å². The summed E-state index contributed by atoms with van der Waals surface area (Å²) in [5, 5.41) is 33.0. The zero-order valence-electron chi connectivity index (χ0n) is 44.5. The summed E-state index contributed by atoms with van der Waals surface area (Å²) in [6.07, 6.45) is -1.76. The molecule has 0 aromatic heterocycles. The van der Waals surface area contributed by atoms with Gasteiger partial charge in [0.15, 0.2) is 0 Å². The van der Waals surface area contributed by atoms with Gasteiger partial charge in [-0.05, 0) is 135 Å². The molecule has 0 aliphatic rings. The third-order valence-corrected chi connectivity index (χ3v) is 9.78. The number of hydrogen-bond acceptors (Lipinski definition) is 14. The van der Waals surface area contributed by atoms with E-state index in [1.54, 1.807) is 89.2 Å². The number of benzene rings is 4. The molecule has 4 aromatic rings. The maximum Gasteiger partial charge on any atom is 0.414 e. The number of ether oxygens (including phenoxy) is 6. The monoisotopic (exact) mass is 1010 g/mol. The second kappa shape index (κ2) is 25.7. The van der Waals surface area contributed by atoms with E-state index < -0.39 is 46.8 Å². The molecule has 0 spiro atoms. The van der Waals surface area contributed by atoms with Gasteiger partial charge < -0.3 is 38.6 Å². The number of aryl methyl sites for hydroxylation is 1. The van der Waals surface area contributed by atoms with Crippen LogP contribution in [0.2, 0.25) is 0 Å². The SMILES string of the molecule is CCc1cccc(Cc2cccc(Cc3cccc(Cc4ccccc4OCCN=C(NC(=O)OC(C)(C)C)NC(=O)OC(C)(C)C)c3O)c2OCCN=C(NC(=O)OC(C)(C)C)NC(=O)OC(C)(C)C)c1O. The van der Waals surface area contributed by atoms with Crippen LogP contribution in [0.3, 0.4) is 0 Å². The summed E-state index contributed by atoms with van der Waals surface area (Å²) in [6, 6.07) is 24.3. The van der Waals surface area contributed by atoms with Gasteiger partial charge in [-0.15, -0.1) is 0 Å². The average Bonchev–Trinajstić information content (AvgIpc) is 3.24. The Morgan fingerprint density at radius 1 is 0.438 bits per heavy atom. The molecule has 0 atom stereocenters. The van der Waals surface area contributed by atoms with Crippen LogP contribution in [0, 0.1) is 0 Å². The highest BCUT2D eigenvalue weighted by molar-refractivity contribution is 6.02. The Labute approximate surface area is 429 Å². The summed E-state index contributed by atoms with van der Waals surface area (Å²) in [7, 11) is 0. The Hall–Kier alpha value is -7.50. The number of rotatable bonds is 15. The molecular weight excluding hydrogens is 937 g/mol. The lowest BCUT2D eigenvalue weighted by atomic mass is 9.94. The van der Waals surface area contributed by atoms with Crippen molar-refractivity contribution < 1.29 is 57.8 Å². The number of aliphatic imine (C=N–C) groups is 2. The fraction of sp³-hybridized carbons (Fsp3) is 0.455. The van der Waals surface area contributed by atoms with Gasteiger partial charge in [-0.1, -0.05) is 79.7 Å². The topological polar surface area (TPSA) is 237 Å². The van der Waals surface area contributed by atoms with E-state index in [1.165, 1.54) is 0 Å². The molecule has 0 fully saturated rings. The van der Waals surface area contributed by atoms with E-state index >= 15 is 0 Å². The number of alkyl carbamates (subject to hydrolysis) is 4. The summed E-state index contributed by atoms with van der Waals surface area (Å²) in [6.45, 7) is 22.6. The Bertz CT molecular complexity index is 2540. The molecule has 0 aliphatic carbocycles.